The Morgan fingerprint density at radius 2 is 2.06 bits per heavy atom. The molecule has 2 heteroatoms. The third-order valence-electron chi connectivity index (χ3n) is 4.67. The van der Waals surface area contributed by atoms with Gasteiger partial charge in [0.25, 0.3) is 0 Å². The van der Waals surface area contributed by atoms with Crippen molar-refractivity contribution in [3.05, 3.63) is 29.8 Å². The summed E-state index contributed by atoms with van der Waals surface area (Å²) in [5, 5.41) is 3.70. The van der Waals surface area contributed by atoms with Crippen LogP contribution in [0, 0.1) is 5.41 Å². The maximum Gasteiger partial charge on any atom is 0.123 e. The third kappa shape index (κ3) is 2.14. The zero-order chi connectivity index (χ0) is 12.0. The quantitative estimate of drug-likeness (QED) is 0.858. The summed E-state index contributed by atoms with van der Waals surface area (Å²) in [5.41, 5.74) is 1.96. The first-order valence-electron chi connectivity index (χ1n) is 7.31. The van der Waals surface area contributed by atoms with Crippen LogP contribution in [0.2, 0.25) is 0 Å². The lowest BCUT2D eigenvalue weighted by atomic mass is 9.95. The highest BCUT2D eigenvalue weighted by Gasteiger charge is 2.46. The van der Waals surface area contributed by atoms with Crippen molar-refractivity contribution in [1.29, 1.82) is 0 Å². The maximum atomic E-state index is 6.08. The summed E-state index contributed by atoms with van der Waals surface area (Å²) in [6, 6.07) is 9.34. The van der Waals surface area contributed by atoms with E-state index >= 15 is 0 Å². The van der Waals surface area contributed by atoms with Crippen LogP contribution in [0.1, 0.15) is 37.7 Å². The molecule has 0 saturated heterocycles. The lowest BCUT2D eigenvalue weighted by Crippen LogP contribution is -2.30. The van der Waals surface area contributed by atoms with Crippen molar-refractivity contribution in [3.63, 3.8) is 0 Å². The van der Waals surface area contributed by atoms with Crippen molar-refractivity contribution < 1.29 is 4.74 Å². The molecule has 1 aromatic rings. The van der Waals surface area contributed by atoms with Gasteiger partial charge in [0.2, 0.25) is 0 Å². The van der Waals surface area contributed by atoms with E-state index in [1.165, 1.54) is 44.2 Å². The molecule has 2 saturated carbocycles. The predicted octanol–water partition coefficient (Wildman–Crippen LogP) is 2.91. The molecule has 0 radical (unpaired) electrons. The fourth-order valence-electron chi connectivity index (χ4n) is 3.13. The van der Waals surface area contributed by atoms with Crippen LogP contribution in [0.4, 0.5) is 0 Å². The van der Waals surface area contributed by atoms with Crippen LogP contribution < -0.4 is 10.1 Å². The molecule has 1 unspecified atom stereocenters. The molecule has 1 heterocycles. The van der Waals surface area contributed by atoms with E-state index in [0.29, 0.717) is 11.5 Å². The van der Waals surface area contributed by atoms with E-state index in [0.717, 1.165) is 18.2 Å². The van der Waals surface area contributed by atoms with Crippen molar-refractivity contribution in [1.82, 2.24) is 5.32 Å². The SMILES string of the molecule is c1ccc2c(c1)CC(CC1(CNC3CC3)CC1)O2. The van der Waals surface area contributed by atoms with Gasteiger partial charge in [0.15, 0.2) is 0 Å². The molecule has 1 N–H and O–H groups in total. The fourth-order valence-corrected chi connectivity index (χ4v) is 3.13. The number of hydrogen-bond acceptors (Lipinski definition) is 2. The first-order chi connectivity index (χ1) is 8.83. The minimum absolute atomic E-state index is 0.422. The zero-order valence-corrected chi connectivity index (χ0v) is 10.8. The Labute approximate surface area is 109 Å². The van der Waals surface area contributed by atoms with Crippen LogP contribution in [-0.4, -0.2) is 18.7 Å². The van der Waals surface area contributed by atoms with E-state index in [4.69, 9.17) is 4.74 Å². The van der Waals surface area contributed by atoms with E-state index < -0.39 is 0 Å². The van der Waals surface area contributed by atoms with Gasteiger partial charge in [-0.3, -0.25) is 0 Å². The van der Waals surface area contributed by atoms with Gasteiger partial charge < -0.3 is 10.1 Å². The summed E-state index contributed by atoms with van der Waals surface area (Å²) in [6.45, 7) is 1.22. The first kappa shape index (κ1) is 10.9. The average molecular weight is 243 g/mol. The summed E-state index contributed by atoms with van der Waals surface area (Å²) in [4.78, 5) is 0. The molecule has 18 heavy (non-hydrogen) atoms. The molecule has 3 aliphatic rings. The largest absolute Gasteiger partial charge is 0.490 e. The molecule has 0 bridgehead atoms. The minimum Gasteiger partial charge on any atom is -0.490 e. The van der Waals surface area contributed by atoms with Crippen LogP contribution in [0.3, 0.4) is 0 Å². The summed E-state index contributed by atoms with van der Waals surface area (Å²) in [6.07, 6.45) is 8.34. The predicted molar refractivity (Wildman–Crippen MR) is 71.9 cm³/mol. The lowest BCUT2D eigenvalue weighted by Gasteiger charge is -2.20. The molecule has 1 aromatic carbocycles. The van der Waals surface area contributed by atoms with E-state index in [9.17, 15) is 0 Å². The smallest absolute Gasteiger partial charge is 0.123 e. The molecule has 1 atom stereocenters. The van der Waals surface area contributed by atoms with E-state index in [-0.39, 0.29) is 0 Å². The second-order valence-corrected chi connectivity index (χ2v) is 6.41. The number of nitrogens with one attached hydrogen (secondary N) is 1. The second kappa shape index (κ2) is 3.99. The molecule has 0 aromatic heterocycles. The Kier molecular flexibility index (Phi) is 2.41. The minimum atomic E-state index is 0.422. The van der Waals surface area contributed by atoms with Gasteiger partial charge in [-0.15, -0.1) is 0 Å². The number of hydrogen-bond donors (Lipinski definition) is 1. The van der Waals surface area contributed by atoms with Gasteiger partial charge in [0.1, 0.15) is 11.9 Å². The Bertz CT molecular complexity index is 423. The van der Waals surface area contributed by atoms with Crippen molar-refractivity contribution in [2.45, 2.75) is 50.7 Å². The van der Waals surface area contributed by atoms with Gasteiger partial charge in [-0.2, -0.15) is 0 Å². The highest BCUT2D eigenvalue weighted by molar-refractivity contribution is 5.37. The van der Waals surface area contributed by atoms with Gasteiger partial charge in [-0.1, -0.05) is 18.2 Å². The lowest BCUT2D eigenvalue weighted by molar-refractivity contribution is 0.184. The fraction of sp³-hybridized carbons (Fsp3) is 0.625. The van der Waals surface area contributed by atoms with Crippen LogP contribution >= 0.6 is 0 Å². The molecular formula is C16H21NO. The molecular weight excluding hydrogens is 222 g/mol. The molecule has 4 rings (SSSR count). The Morgan fingerprint density at radius 1 is 1.22 bits per heavy atom. The topological polar surface area (TPSA) is 21.3 Å². The molecule has 96 valence electrons. The third-order valence-corrected chi connectivity index (χ3v) is 4.67. The second-order valence-electron chi connectivity index (χ2n) is 6.41. The molecule has 1 aliphatic heterocycles. The standard InChI is InChI=1S/C16H21NO/c1-2-4-15-12(3-1)9-14(18-15)10-16(7-8-16)11-17-13-5-6-13/h1-4,13-14,17H,5-11H2. The van der Waals surface area contributed by atoms with Crippen molar-refractivity contribution in [3.8, 4) is 5.75 Å². The van der Waals surface area contributed by atoms with Gasteiger partial charge in [-0.05, 0) is 49.1 Å². The van der Waals surface area contributed by atoms with Crippen molar-refractivity contribution in [2.75, 3.05) is 6.54 Å². The Balaban J connectivity index is 1.36. The molecule has 2 nitrogen and oxygen atoms in total. The average Bonchev–Trinajstić information content (AvgIpc) is 3.26. The molecule has 2 aliphatic carbocycles. The molecule has 0 spiro atoms. The van der Waals surface area contributed by atoms with Gasteiger partial charge in [0.05, 0.1) is 0 Å². The van der Waals surface area contributed by atoms with Gasteiger partial charge in [0, 0.05) is 19.0 Å². The van der Waals surface area contributed by atoms with Crippen LogP contribution in [0.5, 0.6) is 5.75 Å². The molecule has 2 fully saturated rings. The van der Waals surface area contributed by atoms with Crippen LogP contribution in [0.15, 0.2) is 24.3 Å². The Hall–Kier alpha value is -1.02. The highest BCUT2D eigenvalue weighted by atomic mass is 16.5. The van der Waals surface area contributed by atoms with E-state index in [1.54, 1.807) is 0 Å². The number of para-hydroxylation sites is 1. The van der Waals surface area contributed by atoms with E-state index in [2.05, 4.69) is 29.6 Å². The number of fused-ring (bicyclic) bond motifs is 1. The first-order valence-corrected chi connectivity index (χ1v) is 7.31. The summed E-state index contributed by atoms with van der Waals surface area (Å²) in [5.74, 6) is 1.12. The van der Waals surface area contributed by atoms with Crippen LogP contribution in [0.25, 0.3) is 0 Å². The van der Waals surface area contributed by atoms with Gasteiger partial charge >= 0.3 is 0 Å². The highest BCUT2D eigenvalue weighted by Crippen LogP contribution is 2.51. The summed E-state index contributed by atoms with van der Waals surface area (Å²) >= 11 is 0. The summed E-state index contributed by atoms with van der Waals surface area (Å²) in [7, 11) is 0. The zero-order valence-electron chi connectivity index (χ0n) is 10.8. The van der Waals surface area contributed by atoms with Crippen LogP contribution in [-0.2, 0) is 6.42 Å². The van der Waals surface area contributed by atoms with E-state index in [1.807, 2.05) is 0 Å². The number of benzene rings is 1. The normalized spacial score (nSPS) is 27.7. The maximum absolute atomic E-state index is 6.08. The molecule has 0 amide bonds. The summed E-state index contributed by atoms with van der Waals surface area (Å²) < 4.78 is 6.08. The Morgan fingerprint density at radius 3 is 2.78 bits per heavy atom. The number of ether oxygens (including phenoxy) is 1. The van der Waals surface area contributed by atoms with Crippen molar-refractivity contribution in [2.24, 2.45) is 5.41 Å². The van der Waals surface area contributed by atoms with Gasteiger partial charge in [-0.25, -0.2) is 0 Å². The number of rotatable bonds is 5. The van der Waals surface area contributed by atoms with Crippen molar-refractivity contribution >= 4 is 0 Å². The monoisotopic (exact) mass is 243 g/mol.